The molecule has 0 spiro atoms. The van der Waals surface area contributed by atoms with Crippen molar-refractivity contribution in [2.45, 2.75) is 6.54 Å². The number of halogens is 1. The van der Waals surface area contributed by atoms with Gasteiger partial charge in [0.2, 0.25) is 5.95 Å². The number of anilines is 1. The lowest BCUT2D eigenvalue weighted by Gasteiger charge is -2.11. The second-order valence-electron chi connectivity index (χ2n) is 7.33. The van der Waals surface area contributed by atoms with E-state index in [-0.39, 0.29) is 5.91 Å². The lowest BCUT2D eigenvalue weighted by Crippen LogP contribution is -2.23. The Morgan fingerprint density at radius 3 is 2.25 bits per heavy atom. The van der Waals surface area contributed by atoms with Crippen molar-refractivity contribution in [2.24, 2.45) is 0 Å². The van der Waals surface area contributed by atoms with E-state index in [2.05, 4.69) is 25.3 Å². The first-order valence-electron chi connectivity index (χ1n) is 9.94. The Bertz CT molecular complexity index is 1210. The van der Waals surface area contributed by atoms with Gasteiger partial charge >= 0.3 is 0 Å². The first-order chi connectivity index (χ1) is 15.5. The molecule has 4 rings (SSSR count). The summed E-state index contributed by atoms with van der Waals surface area (Å²) in [5.41, 5.74) is 4.22. The highest BCUT2D eigenvalue weighted by atomic mass is 19.1. The number of nitrogens with one attached hydrogen (secondary N) is 1. The van der Waals surface area contributed by atoms with Gasteiger partial charge in [-0.15, -0.1) is 0 Å². The Balaban J connectivity index is 1.37. The summed E-state index contributed by atoms with van der Waals surface area (Å²) in [4.78, 5) is 30.9. The normalized spacial score (nSPS) is 10.6. The minimum atomic E-state index is -0.555. The van der Waals surface area contributed by atoms with E-state index in [4.69, 9.17) is 0 Å². The molecule has 1 amide bonds. The third kappa shape index (κ3) is 4.92. The summed E-state index contributed by atoms with van der Waals surface area (Å²) in [5, 5.41) is 2.83. The maximum Gasteiger partial charge on any atom is 0.270 e. The number of amides is 1. The SMILES string of the molecule is CN(C)c1ccc(-c2ccc(C(=O)NCc3ccc(-c4ccnc(F)c4)nc3)nc2)cn1. The van der Waals surface area contributed by atoms with Gasteiger partial charge in [-0.3, -0.25) is 14.8 Å². The number of hydrogen-bond acceptors (Lipinski definition) is 6. The van der Waals surface area contributed by atoms with E-state index in [1.54, 1.807) is 36.8 Å². The number of rotatable bonds is 6. The van der Waals surface area contributed by atoms with Crippen molar-refractivity contribution in [2.75, 3.05) is 19.0 Å². The first kappa shape index (κ1) is 21.0. The molecule has 8 heteroatoms. The summed E-state index contributed by atoms with van der Waals surface area (Å²) in [6, 6.07) is 14.1. The second kappa shape index (κ2) is 9.30. The quantitative estimate of drug-likeness (QED) is 0.471. The molecule has 0 saturated heterocycles. The number of pyridine rings is 4. The zero-order chi connectivity index (χ0) is 22.5. The number of aromatic nitrogens is 4. The van der Waals surface area contributed by atoms with E-state index in [0.29, 0.717) is 23.5 Å². The van der Waals surface area contributed by atoms with Crippen LogP contribution >= 0.6 is 0 Å². The van der Waals surface area contributed by atoms with Crippen molar-refractivity contribution in [1.29, 1.82) is 0 Å². The van der Waals surface area contributed by atoms with Crippen molar-refractivity contribution in [3.8, 4) is 22.4 Å². The number of nitrogens with zero attached hydrogens (tertiary/aromatic N) is 5. The third-order valence-electron chi connectivity index (χ3n) is 4.84. The number of hydrogen-bond donors (Lipinski definition) is 1. The largest absolute Gasteiger partial charge is 0.363 e. The monoisotopic (exact) mass is 428 g/mol. The Labute approximate surface area is 185 Å². The van der Waals surface area contributed by atoms with Crippen LogP contribution in [0.3, 0.4) is 0 Å². The van der Waals surface area contributed by atoms with Gasteiger partial charge in [-0.05, 0) is 35.9 Å². The van der Waals surface area contributed by atoms with Crippen molar-refractivity contribution in [1.82, 2.24) is 25.3 Å². The fourth-order valence-corrected chi connectivity index (χ4v) is 3.05. The maximum atomic E-state index is 13.3. The summed E-state index contributed by atoms with van der Waals surface area (Å²) >= 11 is 0. The molecular formula is C24H21FN6O. The topological polar surface area (TPSA) is 83.9 Å². The van der Waals surface area contributed by atoms with Gasteiger partial charge in [-0.2, -0.15) is 4.39 Å². The molecule has 0 atom stereocenters. The molecule has 0 aliphatic heterocycles. The van der Waals surface area contributed by atoms with Crippen LogP contribution in [0.15, 0.2) is 73.3 Å². The van der Waals surface area contributed by atoms with Crippen molar-refractivity contribution in [3.63, 3.8) is 0 Å². The molecule has 4 heterocycles. The molecule has 0 bridgehead atoms. The Kier molecular flexibility index (Phi) is 6.12. The second-order valence-corrected chi connectivity index (χ2v) is 7.33. The van der Waals surface area contributed by atoms with E-state index in [1.807, 2.05) is 43.3 Å². The maximum absolute atomic E-state index is 13.3. The third-order valence-corrected chi connectivity index (χ3v) is 4.84. The molecule has 32 heavy (non-hydrogen) atoms. The molecule has 0 radical (unpaired) electrons. The molecule has 1 N–H and O–H groups in total. The van der Waals surface area contributed by atoms with E-state index < -0.39 is 5.95 Å². The van der Waals surface area contributed by atoms with Crippen LogP contribution in [0.5, 0.6) is 0 Å². The van der Waals surface area contributed by atoms with E-state index in [1.165, 1.54) is 12.3 Å². The summed E-state index contributed by atoms with van der Waals surface area (Å²) < 4.78 is 13.3. The van der Waals surface area contributed by atoms with Crippen LogP contribution in [0, 0.1) is 5.95 Å². The van der Waals surface area contributed by atoms with Crippen LogP contribution < -0.4 is 10.2 Å². The summed E-state index contributed by atoms with van der Waals surface area (Å²) in [6.45, 7) is 0.302. The molecular weight excluding hydrogens is 407 g/mol. The molecule has 0 saturated carbocycles. The lowest BCUT2D eigenvalue weighted by molar-refractivity contribution is 0.0946. The smallest absolute Gasteiger partial charge is 0.270 e. The van der Waals surface area contributed by atoms with Gasteiger partial charge in [0.1, 0.15) is 11.5 Å². The van der Waals surface area contributed by atoms with Crippen LogP contribution in [0.25, 0.3) is 22.4 Å². The average Bonchev–Trinajstić information content (AvgIpc) is 2.83. The van der Waals surface area contributed by atoms with Crippen LogP contribution in [0.2, 0.25) is 0 Å². The highest BCUT2D eigenvalue weighted by Gasteiger charge is 2.09. The number of carbonyl (C=O) groups is 1. The summed E-state index contributed by atoms with van der Waals surface area (Å²) in [6.07, 6.45) is 6.48. The first-order valence-corrected chi connectivity index (χ1v) is 9.94. The molecule has 0 fully saturated rings. The van der Waals surface area contributed by atoms with Crippen LogP contribution in [0.1, 0.15) is 16.1 Å². The molecule has 4 aromatic heterocycles. The predicted molar refractivity (Wildman–Crippen MR) is 120 cm³/mol. The standard InChI is InChI=1S/C24H21FN6O/c1-31(2)23-8-5-19(15-29-23)18-4-7-21(28-14-18)24(32)30-13-16-3-6-20(27-12-16)17-9-10-26-22(25)11-17/h3-12,14-15H,13H2,1-2H3,(H,30,32). The van der Waals surface area contributed by atoms with Crippen LogP contribution in [-0.2, 0) is 6.54 Å². The van der Waals surface area contributed by atoms with Gasteiger partial charge in [0.25, 0.3) is 5.91 Å². The number of carbonyl (C=O) groups excluding carboxylic acids is 1. The fourth-order valence-electron chi connectivity index (χ4n) is 3.05. The van der Waals surface area contributed by atoms with Crippen LogP contribution in [0.4, 0.5) is 10.2 Å². The Hall–Kier alpha value is -4.20. The minimum Gasteiger partial charge on any atom is -0.363 e. The van der Waals surface area contributed by atoms with Crippen molar-refractivity contribution < 1.29 is 9.18 Å². The molecule has 4 aromatic rings. The van der Waals surface area contributed by atoms with Crippen molar-refractivity contribution in [3.05, 3.63) is 90.5 Å². The van der Waals surface area contributed by atoms with Crippen LogP contribution in [-0.4, -0.2) is 39.9 Å². The van der Waals surface area contributed by atoms with Gasteiger partial charge in [0.15, 0.2) is 0 Å². The van der Waals surface area contributed by atoms with E-state index in [9.17, 15) is 9.18 Å². The van der Waals surface area contributed by atoms with Gasteiger partial charge in [0, 0.05) is 68.2 Å². The lowest BCUT2D eigenvalue weighted by atomic mass is 10.1. The fraction of sp³-hybridized carbons (Fsp3) is 0.125. The van der Waals surface area contributed by atoms with Crippen molar-refractivity contribution >= 4 is 11.7 Å². The van der Waals surface area contributed by atoms with Gasteiger partial charge in [0.05, 0.1) is 5.69 Å². The van der Waals surface area contributed by atoms with E-state index in [0.717, 1.165) is 22.5 Å². The molecule has 7 nitrogen and oxygen atoms in total. The molecule has 0 unspecified atom stereocenters. The average molecular weight is 428 g/mol. The molecule has 160 valence electrons. The van der Waals surface area contributed by atoms with Gasteiger partial charge in [-0.1, -0.05) is 12.1 Å². The van der Waals surface area contributed by atoms with Gasteiger partial charge in [-0.25, -0.2) is 9.97 Å². The Morgan fingerprint density at radius 1 is 0.875 bits per heavy atom. The summed E-state index contributed by atoms with van der Waals surface area (Å²) in [7, 11) is 3.87. The predicted octanol–water partition coefficient (Wildman–Crippen LogP) is 3.74. The highest BCUT2D eigenvalue weighted by molar-refractivity contribution is 5.92. The molecule has 0 aliphatic rings. The Morgan fingerprint density at radius 2 is 1.66 bits per heavy atom. The molecule has 0 aliphatic carbocycles. The summed E-state index contributed by atoms with van der Waals surface area (Å²) in [5.74, 6) is 0.0343. The zero-order valence-electron chi connectivity index (χ0n) is 17.7. The van der Waals surface area contributed by atoms with Gasteiger partial charge < -0.3 is 10.2 Å². The zero-order valence-corrected chi connectivity index (χ0v) is 17.7. The molecule has 0 aromatic carbocycles. The minimum absolute atomic E-state index is 0.280. The highest BCUT2D eigenvalue weighted by Crippen LogP contribution is 2.20. The van der Waals surface area contributed by atoms with E-state index >= 15 is 0 Å².